The molecule has 2 aliphatic heterocycles. The Kier molecular flexibility index (Phi) is 4.29. The van der Waals surface area contributed by atoms with E-state index in [0.29, 0.717) is 51.1 Å². The molecule has 0 unspecified atom stereocenters. The monoisotopic (exact) mass is 334 g/mol. The molecule has 2 aliphatic rings. The highest BCUT2D eigenvalue weighted by Crippen LogP contribution is 2.25. The first-order valence-electron chi connectivity index (χ1n) is 8.20. The molecule has 0 spiro atoms. The molecular weight excluding hydrogens is 312 g/mol. The van der Waals surface area contributed by atoms with Crippen molar-refractivity contribution in [2.24, 2.45) is 13.0 Å². The molecule has 24 heavy (non-hydrogen) atoms. The second-order valence-corrected chi connectivity index (χ2v) is 6.49. The highest BCUT2D eigenvalue weighted by molar-refractivity contribution is 5.94. The average Bonchev–Trinajstić information content (AvgIpc) is 2.90. The number of carbonyl (C=O) groups excluding carboxylic acids is 2. The number of aliphatic carboxylic acids is 1. The first-order chi connectivity index (χ1) is 11.4. The Morgan fingerprint density at radius 1 is 1.12 bits per heavy atom. The molecule has 0 radical (unpaired) electrons. The van der Waals surface area contributed by atoms with E-state index in [-0.39, 0.29) is 17.7 Å². The zero-order valence-electron chi connectivity index (χ0n) is 14.0. The lowest BCUT2D eigenvalue weighted by atomic mass is 9.96. The number of carbonyl (C=O) groups is 3. The van der Waals surface area contributed by atoms with Crippen LogP contribution in [0.4, 0.5) is 0 Å². The maximum absolute atomic E-state index is 12.8. The molecule has 8 heteroatoms. The number of carboxylic acid groups (broad SMARTS) is 1. The molecule has 1 N–H and O–H groups in total. The summed E-state index contributed by atoms with van der Waals surface area (Å²) in [5, 5.41) is 13.5. The van der Waals surface area contributed by atoms with Crippen LogP contribution in [0.1, 0.15) is 41.5 Å². The SMILES string of the molecule is CC(=O)N1CCc2c(c(C(=O)N3CCC(C(=O)O)CC3)nn2C)C1. The number of fused-ring (bicyclic) bond motifs is 1. The number of hydrogen-bond acceptors (Lipinski definition) is 4. The van der Waals surface area contributed by atoms with E-state index in [1.54, 1.807) is 14.5 Å². The number of aromatic nitrogens is 2. The normalized spacial score (nSPS) is 18.4. The van der Waals surface area contributed by atoms with Gasteiger partial charge in [0.05, 0.1) is 5.92 Å². The molecule has 1 saturated heterocycles. The van der Waals surface area contributed by atoms with Crippen molar-refractivity contribution in [2.45, 2.75) is 32.7 Å². The van der Waals surface area contributed by atoms with E-state index in [1.165, 1.54) is 6.92 Å². The molecule has 3 heterocycles. The molecule has 3 rings (SSSR count). The second kappa shape index (κ2) is 6.26. The zero-order valence-corrected chi connectivity index (χ0v) is 14.0. The fraction of sp³-hybridized carbons (Fsp3) is 0.625. The van der Waals surface area contributed by atoms with Gasteiger partial charge in [0.25, 0.3) is 5.91 Å². The van der Waals surface area contributed by atoms with Gasteiger partial charge in [-0.25, -0.2) is 0 Å². The van der Waals surface area contributed by atoms with Gasteiger partial charge in [-0.2, -0.15) is 5.10 Å². The van der Waals surface area contributed by atoms with Crippen LogP contribution in [0.15, 0.2) is 0 Å². The minimum atomic E-state index is -0.797. The molecule has 0 aromatic carbocycles. The Bertz CT molecular complexity index is 688. The van der Waals surface area contributed by atoms with E-state index in [2.05, 4.69) is 5.10 Å². The molecule has 1 aromatic rings. The van der Waals surface area contributed by atoms with Crippen LogP contribution < -0.4 is 0 Å². The third kappa shape index (κ3) is 2.88. The predicted molar refractivity (Wildman–Crippen MR) is 84.3 cm³/mol. The summed E-state index contributed by atoms with van der Waals surface area (Å²) in [6.45, 7) is 3.43. The molecule has 8 nitrogen and oxygen atoms in total. The van der Waals surface area contributed by atoms with E-state index in [1.807, 2.05) is 7.05 Å². The van der Waals surface area contributed by atoms with Crippen LogP contribution in [0.3, 0.4) is 0 Å². The Morgan fingerprint density at radius 3 is 2.38 bits per heavy atom. The van der Waals surface area contributed by atoms with E-state index in [4.69, 9.17) is 5.11 Å². The van der Waals surface area contributed by atoms with Crippen LogP contribution in [0, 0.1) is 5.92 Å². The number of hydrogen-bond donors (Lipinski definition) is 1. The Balaban J connectivity index is 1.79. The number of piperidine rings is 1. The maximum Gasteiger partial charge on any atom is 0.306 e. The van der Waals surface area contributed by atoms with Gasteiger partial charge in [0, 0.05) is 57.8 Å². The van der Waals surface area contributed by atoms with Crippen LogP contribution in [0.5, 0.6) is 0 Å². The van der Waals surface area contributed by atoms with Crippen molar-refractivity contribution in [3.05, 3.63) is 17.0 Å². The molecule has 1 aromatic heterocycles. The standard InChI is InChI=1S/C16H22N4O4/c1-10(21)20-8-5-13-12(9-20)14(17-18(13)2)15(22)19-6-3-11(4-7-19)16(23)24/h11H,3-9H2,1-2H3,(H,23,24). The van der Waals surface area contributed by atoms with Crippen molar-refractivity contribution in [1.82, 2.24) is 19.6 Å². The van der Waals surface area contributed by atoms with Crippen molar-refractivity contribution < 1.29 is 19.5 Å². The van der Waals surface area contributed by atoms with Crippen LogP contribution in [-0.2, 0) is 29.6 Å². The van der Waals surface area contributed by atoms with Crippen LogP contribution in [-0.4, -0.2) is 62.1 Å². The second-order valence-electron chi connectivity index (χ2n) is 6.49. The van der Waals surface area contributed by atoms with Gasteiger partial charge >= 0.3 is 5.97 Å². The van der Waals surface area contributed by atoms with Gasteiger partial charge in [-0.1, -0.05) is 0 Å². The lowest BCUT2D eigenvalue weighted by Crippen LogP contribution is -2.41. The first kappa shape index (κ1) is 16.5. The highest BCUT2D eigenvalue weighted by Gasteiger charge is 2.33. The largest absolute Gasteiger partial charge is 0.481 e. The third-order valence-electron chi connectivity index (χ3n) is 5.02. The number of rotatable bonds is 2. The third-order valence-corrected chi connectivity index (χ3v) is 5.02. The highest BCUT2D eigenvalue weighted by atomic mass is 16.4. The summed E-state index contributed by atoms with van der Waals surface area (Å²) in [6.07, 6.45) is 1.62. The fourth-order valence-electron chi connectivity index (χ4n) is 3.51. The summed E-state index contributed by atoms with van der Waals surface area (Å²) in [4.78, 5) is 38.9. The minimum absolute atomic E-state index is 0.00910. The van der Waals surface area contributed by atoms with Crippen molar-refractivity contribution >= 4 is 17.8 Å². The van der Waals surface area contributed by atoms with Gasteiger partial charge in [0.2, 0.25) is 5.91 Å². The summed E-state index contributed by atoms with van der Waals surface area (Å²) in [5.74, 6) is -1.35. The van der Waals surface area contributed by atoms with Crippen molar-refractivity contribution in [3.8, 4) is 0 Å². The van der Waals surface area contributed by atoms with Gasteiger partial charge in [-0.15, -0.1) is 0 Å². The van der Waals surface area contributed by atoms with Crippen molar-refractivity contribution in [1.29, 1.82) is 0 Å². The van der Waals surface area contributed by atoms with E-state index in [9.17, 15) is 14.4 Å². The molecule has 0 saturated carbocycles. The van der Waals surface area contributed by atoms with Gasteiger partial charge in [0.15, 0.2) is 5.69 Å². The van der Waals surface area contributed by atoms with Crippen LogP contribution >= 0.6 is 0 Å². The Hall–Kier alpha value is -2.38. The number of nitrogens with zero attached hydrogens (tertiary/aromatic N) is 4. The number of aryl methyl sites for hydroxylation is 1. The summed E-state index contributed by atoms with van der Waals surface area (Å²) in [6, 6.07) is 0. The lowest BCUT2D eigenvalue weighted by Gasteiger charge is -2.30. The number of likely N-dealkylation sites (tertiary alicyclic amines) is 1. The molecule has 130 valence electrons. The molecule has 0 atom stereocenters. The van der Waals surface area contributed by atoms with E-state index in [0.717, 1.165) is 11.3 Å². The van der Waals surface area contributed by atoms with E-state index < -0.39 is 5.97 Å². The summed E-state index contributed by atoms with van der Waals surface area (Å²) in [5.41, 5.74) is 2.22. The lowest BCUT2D eigenvalue weighted by molar-refractivity contribution is -0.143. The molecule has 0 bridgehead atoms. The van der Waals surface area contributed by atoms with Gasteiger partial charge in [-0.3, -0.25) is 19.1 Å². The topological polar surface area (TPSA) is 95.7 Å². The first-order valence-corrected chi connectivity index (χ1v) is 8.20. The van der Waals surface area contributed by atoms with Crippen molar-refractivity contribution in [3.63, 3.8) is 0 Å². The van der Waals surface area contributed by atoms with E-state index >= 15 is 0 Å². The summed E-state index contributed by atoms with van der Waals surface area (Å²) < 4.78 is 1.73. The quantitative estimate of drug-likeness (QED) is 0.837. The smallest absolute Gasteiger partial charge is 0.306 e. The molecule has 0 aliphatic carbocycles. The van der Waals surface area contributed by atoms with Gasteiger partial charge in [0.1, 0.15) is 0 Å². The molecule has 1 fully saturated rings. The minimum Gasteiger partial charge on any atom is -0.481 e. The fourth-order valence-corrected chi connectivity index (χ4v) is 3.51. The summed E-state index contributed by atoms with van der Waals surface area (Å²) in [7, 11) is 1.82. The van der Waals surface area contributed by atoms with Crippen LogP contribution in [0.25, 0.3) is 0 Å². The van der Waals surface area contributed by atoms with Crippen LogP contribution in [0.2, 0.25) is 0 Å². The number of carboxylic acids is 1. The average molecular weight is 334 g/mol. The number of amides is 2. The molecular formula is C16H22N4O4. The molecule has 2 amide bonds. The predicted octanol–water partition coefficient (Wildman–Crippen LogP) is 0.262. The zero-order chi connectivity index (χ0) is 17.4. The van der Waals surface area contributed by atoms with Gasteiger partial charge in [-0.05, 0) is 12.8 Å². The Labute approximate surface area is 140 Å². The Morgan fingerprint density at radius 2 is 1.79 bits per heavy atom. The maximum atomic E-state index is 12.8. The summed E-state index contributed by atoms with van der Waals surface area (Å²) >= 11 is 0. The van der Waals surface area contributed by atoms with Crippen molar-refractivity contribution in [2.75, 3.05) is 19.6 Å². The van der Waals surface area contributed by atoms with Gasteiger partial charge < -0.3 is 14.9 Å².